The van der Waals surface area contributed by atoms with E-state index < -0.39 is 0 Å². The lowest BCUT2D eigenvalue weighted by molar-refractivity contribution is -0.131. The van der Waals surface area contributed by atoms with Crippen molar-refractivity contribution in [1.82, 2.24) is 4.90 Å². The molecule has 1 N–H and O–H groups in total. The van der Waals surface area contributed by atoms with Crippen LogP contribution < -0.4 is 5.32 Å². The summed E-state index contributed by atoms with van der Waals surface area (Å²) in [6, 6.07) is 11.5. The average molecular weight is 364 g/mol. The Labute approximate surface area is 149 Å². The number of benzene rings is 2. The molecular formula is C18H18F2N2O2S. The zero-order valence-electron chi connectivity index (χ0n) is 13.7. The van der Waals surface area contributed by atoms with E-state index >= 15 is 0 Å². The molecule has 2 aromatic rings. The molecule has 0 saturated heterocycles. The molecule has 0 spiro atoms. The van der Waals surface area contributed by atoms with Gasteiger partial charge in [0.1, 0.15) is 11.6 Å². The first-order valence-corrected chi connectivity index (χ1v) is 8.71. The lowest BCUT2D eigenvalue weighted by atomic mass is 10.2. The highest BCUT2D eigenvalue weighted by atomic mass is 32.2. The molecule has 2 rings (SSSR count). The molecule has 7 heteroatoms. The number of amides is 2. The van der Waals surface area contributed by atoms with Gasteiger partial charge in [-0.1, -0.05) is 12.1 Å². The summed E-state index contributed by atoms with van der Waals surface area (Å²) in [4.78, 5) is 25.3. The summed E-state index contributed by atoms with van der Waals surface area (Å²) in [7, 11) is 1.55. The summed E-state index contributed by atoms with van der Waals surface area (Å²) in [6.07, 6.45) is 0. The SMILES string of the molecule is CN(CC(=O)Nc1ccc(F)cc1)C(=O)CSCc1ccc(F)cc1. The maximum absolute atomic E-state index is 12.8. The van der Waals surface area contributed by atoms with E-state index in [1.807, 2.05) is 0 Å². The van der Waals surface area contributed by atoms with Crippen molar-refractivity contribution in [3.63, 3.8) is 0 Å². The zero-order chi connectivity index (χ0) is 18.2. The molecule has 0 atom stereocenters. The minimum absolute atomic E-state index is 0.0900. The molecule has 2 aromatic carbocycles. The molecule has 0 aliphatic rings. The lowest BCUT2D eigenvalue weighted by Crippen LogP contribution is -2.35. The van der Waals surface area contributed by atoms with Gasteiger partial charge in [-0.3, -0.25) is 9.59 Å². The highest BCUT2D eigenvalue weighted by Gasteiger charge is 2.13. The Kier molecular flexibility index (Phi) is 6.94. The smallest absolute Gasteiger partial charge is 0.243 e. The Balaban J connectivity index is 1.72. The Bertz CT molecular complexity index is 721. The molecule has 25 heavy (non-hydrogen) atoms. The monoisotopic (exact) mass is 364 g/mol. The van der Waals surface area contributed by atoms with Crippen LogP contribution in [0, 0.1) is 11.6 Å². The van der Waals surface area contributed by atoms with E-state index in [1.165, 1.54) is 53.1 Å². The molecule has 0 fully saturated rings. The number of hydrogen-bond acceptors (Lipinski definition) is 3. The number of carbonyl (C=O) groups is 2. The van der Waals surface area contributed by atoms with Crippen LogP contribution in [0.1, 0.15) is 5.56 Å². The van der Waals surface area contributed by atoms with Gasteiger partial charge in [-0.05, 0) is 42.0 Å². The molecule has 0 aliphatic carbocycles. The van der Waals surface area contributed by atoms with Crippen molar-refractivity contribution in [2.24, 2.45) is 0 Å². The van der Waals surface area contributed by atoms with E-state index in [0.717, 1.165) is 5.56 Å². The zero-order valence-corrected chi connectivity index (χ0v) is 14.5. The number of anilines is 1. The van der Waals surface area contributed by atoms with Crippen LogP contribution in [-0.4, -0.2) is 36.1 Å². The number of halogens is 2. The second kappa shape index (κ2) is 9.17. The normalized spacial score (nSPS) is 10.4. The van der Waals surface area contributed by atoms with Crippen molar-refractivity contribution in [2.45, 2.75) is 5.75 Å². The quantitative estimate of drug-likeness (QED) is 0.820. The fraction of sp³-hybridized carbons (Fsp3) is 0.222. The summed E-state index contributed by atoms with van der Waals surface area (Å²) in [5.41, 5.74) is 1.40. The number of hydrogen-bond donors (Lipinski definition) is 1. The molecule has 132 valence electrons. The third-order valence-corrected chi connectivity index (χ3v) is 4.33. The van der Waals surface area contributed by atoms with Crippen molar-refractivity contribution in [3.05, 3.63) is 65.7 Å². The van der Waals surface area contributed by atoms with Gasteiger partial charge in [0.05, 0.1) is 12.3 Å². The van der Waals surface area contributed by atoms with E-state index in [4.69, 9.17) is 0 Å². The number of rotatable bonds is 7. The van der Waals surface area contributed by atoms with Gasteiger partial charge in [0.25, 0.3) is 0 Å². The number of carbonyl (C=O) groups excluding carboxylic acids is 2. The summed E-state index contributed by atoms with van der Waals surface area (Å²) in [6.45, 7) is -0.0900. The van der Waals surface area contributed by atoms with Crippen LogP contribution in [0.5, 0.6) is 0 Å². The van der Waals surface area contributed by atoms with E-state index in [9.17, 15) is 18.4 Å². The minimum atomic E-state index is -0.386. The maximum Gasteiger partial charge on any atom is 0.243 e. The molecule has 0 radical (unpaired) electrons. The average Bonchev–Trinajstić information content (AvgIpc) is 2.58. The van der Waals surface area contributed by atoms with Crippen molar-refractivity contribution in [1.29, 1.82) is 0 Å². The molecule has 0 aromatic heterocycles. The predicted octanol–water partition coefficient (Wildman–Crippen LogP) is 3.30. The molecule has 2 amide bonds. The Morgan fingerprint density at radius 3 is 2.16 bits per heavy atom. The van der Waals surface area contributed by atoms with Gasteiger partial charge in [-0.25, -0.2) is 8.78 Å². The van der Waals surface area contributed by atoms with Crippen LogP contribution >= 0.6 is 11.8 Å². The summed E-state index contributed by atoms with van der Waals surface area (Å²) in [5, 5.41) is 2.60. The van der Waals surface area contributed by atoms with Gasteiger partial charge in [0, 0.05) is 18.5 Å². The van der Waals surface area contributed by atoms with Gasteiger partial charge < -0.3 is 10.2 Å². The summed E-state index contributed by atoms with van der Waals surface area (Å²) in [5.74, 6) is -0.410. The van der Waals surface area contributed by atoms with Crippen LogP contribution in [0.4, 0.5) is 14.5 Å². The molecule has 0 saturated carbocycles. The molecule has 4 nitrogen and oxygen atoms in total. The predicted molar refractivity (Wildman–Crippen MR) is 95.2 cm³/mol. The second-order valence-corrected chi connectivity index (χ2v) is 6.41. The van der Waals surface area contributed by atoms with E-state index in [2.05, 4.69) is 5.32 Å². The maximum atomic E-state index is 12.8. The van der Waals surface area contributed by atoms with Crippen LogP contribution in [0.25, 0.3) is 0 Å². The standard InChI is InChI=1S/C18H18F2N2O2S/c1-22(10-17(23)21-16-8-6-15(20)7-9-16)18(24)12-25-11-13-2-4-14(19)5-3-13/h2-9H,10-12H2,1H3,(H,21,23). The van der Waals surface area contributed by atoms with E-state index in [0.29, 0.717) is 11.4 Å². The minimum Gasteiger partial charge on any atom is -0.336 e. The van der Waals surface area contributed by atoms with Gasteiger partial charge in [0.2, 0.25) is 11.8 Å². The molecule has 0 unspecified atom stereocenters. The first kappa shape index (κ1) is 18.9. The molecule has 0 bridgehead atoms. The van der Waals surface area contributed by atoms with E-state index in [-0.39, 0.29) is 35.7 Å². The van der Waals surface area contributed by atoms with Gasteiger partial charge in [-0.2, -0.15) is 0 Å². The van der Waals surface area contributed by atoms with Gasteiger partial charge in [-0.15, -0.1) is 11.8 Å². The summed E-state index contributed by atoms with van der Waals surface area (Å²) < 4.78 is 25.6. The Morgan fingerprint density at radius 2 is 1.56 bits per heavy atom. The fourth-order valence-electron chi connectivity index (χ4n) is 1.98. The van der Waals surface area contributed by atoms with Crippen molar-refractivity contribution >= 4 is 29.3 Å². The van der Waals surface area contributed by atoms with Gasteiger partial charge >= 0.3 is 0 Å². The molecular weight excluding hydrogens is 346 g/mol. The van der Waals surface area contributed by atoms with E-state index in [1.54, 1.807) is 19.2 Å². The van der Waals surface area contributed by atoms with Crippen molar-refractivity contribution in [2.75, 3.05) is 24.7 Å². The highest BCUT2D eigenvalue weighted by Crippen LogP contribution is 2.13. The lowest BCUT2D eigenvalue weighted by Gasteiger charge is -2.16. The Morgan fingerprint density at radius 1 is 1.00 bits per heavy atom. The van der Waals surface area contributed by atoms with Gasteiger partial charge in [0.15, 0.2) is 0 Å². The van der Waals surface area contributed by atoms with Crippen LogP contribution in [0.3, 0.4) is 0 Å². The van der Waals surface area contributed by atoms with Crippen LogP contribution in [0.15, 0.2) is 48.5 Å². The molecule has 0 heterocycles. The largest absolute Gasteiger partial charge is 0.336 e. The number of nitrogens with zero attached hydrogens (tertiary/aromatic N) is 1. The topological polar surface area (TPSA) is 49.4 Å². The third-order valence-electron chi connectivity index (χ3n) is 3.34. The van der Waals surface area contributed by atoms with Crippen LogP contribution in [0.2, 0.25) is 0 Å². The summed E-state index contributed by atoms with van der Waals surface area (Å²) >= 11 is 1.39. The third kappa shape index (κ3) is 6.54. The Hall–Kier alpha value is -2.41. The first-order valence-electron chi connectivity index (χ1n) is 7.55. The van der Waals surface area contributed by atoms with Crippen molar-refractivity contribution < 1.29 is 18.4 Å². The second-order valence-electron chi connectivity index (χ2n) is 5.42. The van der Waals surface area contributed by atoms with Crippen LogP contribution in [-0.2, 0) is 15.3 Å². The van der Waals surface area contributed by atoms with Crippen molar-refractivity contribution in [3.8, 4) is 0 Å². The fourth-order valence-corrected chi connectivity index (χ4v) is 2.91. The number of nitrogens with one attached hydrogen (secondary N) is 1. The number of likely N-dealkylation sites (N-methyl/N-ethyl adjacent to an activating group) is 1. The highest BCUT2D eigenvalue weighted by molar-refractivity contribution is 7.99. The number of thioether (sulfide) groups is 1. The molecule has 0 aliphatic heterocycles. The first-order chi connectivity index (χ1) is 11.9.